The minimum atomic E-state index is 0.646. The second kappa shape index (κ2) is 6.35. The Hall–Kier alpha value is -1.26. The van der Waals surface area contributed by atoms with Crippen molar-refractivity contribution < 1.29 is 9.47 Å². The summed E-state index contributed by atoms with van der Waals surface area (Å²) in [5, 5.41) is 0. The van der Waals surface area contributed by atoms with E-state index in [-0.39, 0.29) is 0 Å². The Kier molecular flexibility index (Phi) is 5.08. The molecule has 0 aliphatic carbocycles. The van der Waals surface area contributed by atoms with Gasteiger partial charge in [0.15, 0.2) is 0 Å². The largest absolute Gasteiger partial charge is 0.398 e. The minimum Gasteiger partial charge on any atom is -0.398 e. The summed E-state index contributed by atoms with van der Waals surface area (Å²) in [6.45, 7) is 1.29. The van der Waals surface area contributed by atoms with E-state index in [2.05, 4.69) is 0 Å². The van der Waals surface area contributed by atoms with Crippen LogP contribution in [0.5, 0.6) is 0 Å². The van der Waals surface area contributed by atoms with Gasteiger partial charge in [-0.15, -0.1) is 0 Å². The van der Waals surface area contributed by atoms with Crippen LogP contribution in [0.2, 0.25) is 0 Å². The summed E-state index contributed by atoms with van der Waals surface area (Å²) in [6.07, 6.45) is 1.57. The van der Waals surface area contributed by atoms with Crippen molar-refractivity contribution in [2.24, 2.45) is 0 Å². The van der Waals surface area contributed by atoms with Gasteiger partial charge >= 0.3 is 0 Å². The van der Waals surface area contributed by atoms with Gasteiger partial charge in [0.05, 0.1) is 13.2 Å². The van der Waals surface area contributed by atoms with E-state index >= 15 is 0 Å². The predicted octanol–water partition coefficient (Wildman–Crippen LogP) is 1.23. The molecule has 90 valence electrons. The van der Waals surface area contributed by atoms with Crippen LogP contribution in [0.3, 0.4) is 0 Å². The topological polar surface area (TPSA) is 70.5 Å². The summed E-state index contributed by atoms with van der Waals surface area (Å²) in [6, 6.07) is 3.69. The van der Waals surface area contributed by atoms with Crippen molar-refractivity contribution in [2.45, 2.75) is 12.8 Å². The molecule has 1 aromatic rings. The number of nitrogens with two attached hydrogens (primary N) is 2. The van der Waals surface area contributed by atoms with Gasteiger partial charge in [0.1, 0.15) is 0 Å². The van der Waals surface area contributed by atoms with Crippen molar-refractivity contribution in [3.8, 4) is 0 Å². The fraction of sp³-hybridized carbons (Fsp3) is 0.500. The molecule has 4 N–H and O–H groups in total. The Balaban J connectivity index is 2.94. The number of methoxy groups -OCH3 is 2. The monoisotopic (exact) mass is 224 g/mol. The van der Waals surface area contributed by atoms with Gasteiger partial charge in [0.2, 0.25) is 0 Å². The lowest BCUT2D eigenvalue weighted by Gasteiger charge is -2.14. The first kappa shape index (κ1) is 12.8. The Morgan fingerprint density at radius 1 is 0.875 bits per heavy atom. The minimum absolute atomic E-state index is 0.646. The molecule has 0 unspecified atom stereocenters. The average Bonchev–Trinajstić information content (AvgIpc) is 2.29. The zero-order chi connectivity index (χ0) is 12.0. The summed E-state index contributed by atoms with van der Waals surface area (Å²) >= 11 is 0. The molecular formula is C12H20N2O2. The van der Waals surface area contributed by atoms with Gasteiger partial charge in [-0.1, -0.05) is 0 Å². The molecule has 0 saturated carbocycles. The zero-order valence-electron chi connectivity index (χ0n) is 9.95. The van der Waals surface area contributed by atoms with Gasteiger partial charge in [-0.05, 0) is 36.1 Å². The standard InChI is InChI=1S/C12H20N2O2/c1-15-7-5-9-10(6-8-16-2)12(14)4-3-11(9)13/h3-4H,5-8,13-14H2,1-2H3. The quantitative estimate of drug-likeness (QED) is 0.713. The number of hydrogen-bond acceptors (Lipinski definition) is 4. The van der Waals surface area contributed by atoms with E-state index in [1.807, 2.05) is 12.1 Å². The van der Waals surface area contributed by atoms with E-state index < -0.39 is 0 Å². The van der Waals surface area contributed by atoms with E-state index in [0.29, 0.717) is 13.2 Å². The number of anilines is 2. The van der Waals surface area contributed by atoms with E-state index in [4.69, 9.17) is 20.9 Å². The smallest absolute Gasteiger partial charge is 0.0503 e. The fourth-order valence-corrected chi connectivity index (χ4v) is 1.73. The summed E-state index contributed by atoms with van der Waals surface area (Å²) in [7, 11) is 3.36. The third kappa shape index (κ3) is 3.12. The normalized spacial score (nSPS) is 10.6. The molecule has 0 radical (unpaired) electrons. The molecule has 1 rings (SSSR count). The SMILES string of the molecule is COCCc1c(N)ccc(N)c1CCOC. The molecular weight excluding hydrogens is 204 g/mol. The van der Waals surface area contributed by atoms with Crippen LogP contribution in [-0.2, 0) is 22.3 Å². The first-order chi connectivity index (χ1) is 7.70. The molecule has 1 aromatic carbocycles. The van der Waals surface area contributed by atoms with Crippen molar-refractivity contribution >= 4 is 11.4 Å². The second-order valence-electron chi connectivity index (χ2n) is 3.69. The molecule has 4 nitrogen and oxygen atoms in total. The molecule has 0 aliphatic rings. The summed E-state index contributed by atoms with van der Waals surface area (Å²) < 4.78 is 10.1. The maximum atomic E-state index is 5.95. The van der Waals surface area contributed by atoms with Crippen LogP contribution >= 0.6 is 0 Å². The average molecular weight is 224 g/mol. The number of benzene rings is 1. The van der Waals surface area contributed by atoms with Gasteiger partial charge in [0.25, 0.3) is 0 Å². The lowest BCUT2D eigenvalue weighted by molar-refractivity contribution is 0.198. The lowest BCUT2D eigenvalue weighted by atomic mass is 9.98. The third-order valence-corrected chi connectivity index (χ3v) is 2.62. The van der Waals surface area contributed by atoms with Gasteiger partial charge < -0.3 is 20.9 Å². The van der Waals surface area contributed by atoms with Crippen molar-refractivity contribution in [2.75, 3.05) is 38.9 Å². The molecule has 0 bridgehead atoms. The summed E-state index contributed by atoms with van der Waals surface area (Å²) in [5.41, 5.74) is 15.6. The van der Waals surface area contributed by atoms with Crippen LogP contribution in [0.25, 0.3) is 0 Å². The van der Waals surface area contributed by atoms with E-state index in [1.54, 1.807) is 14.2 Å². The molecule has 0 aromatic heterocycles. The second-order valence-corrected chi connectivity index (χ2v) is 3.69. The van der Waals surface area contributed by atoms with E-state index in [1.165, 1.54) is 0 Å². The fourth-order valence-electron chi connectivity index (χ4n) is 1.73. The maximum absolute atomic E-state index is 5.95. The molecule has 4 heteroatoms. The summed E-state index contributed by atoms with van der Waals surface area (Å²) in [5.74, 6) is 0. The van der Waals surface area contributed by atoms with Gasteiger partial charge in [-0.2, -0.15) is 0 Å². The van der Waals surface area contributed by atoms with Crippen LogP contribution in [-0.4, -0.2) is 27.4 Å². The van der Waals surface area contributed by atoms with Crippen LogP contribution in [0.15, 0.2) is 12.1 Å². The number of ether oxygens (including phenoxy) is 2. The van der Waals surface area contributed by atoms with Crippen molar-refractivity contribution in [1.82, 2.24) is 0 Å². The Bertz CT molecular complexity index is 307. The molecule has 0 heterocycles. The number of hydrogen-bond donors (Lipinski definition) is 2. The first-order valence-corrected chi connectivity index (χ1v) is 5.34. The van der Waals surface area contributed by atoms with Gasteiger partial charge in [-0.25, -0.2) is 0 Å². The lowest BCUT2D eigenvalue weighted by Crippen LogP contribution is -2.09. The Morgan fingerprint density at radius 2 is 1.25 bits per heavy atom. The highest BCUT2D eigenvalue weighted by Crippen LogP contribution is 2.24. The number of nitrogen functional groups attached to an aromatic ring is 2. The van der Waals surface area contributed by atoms with Crippen LogP contribution in [0.1, 0.15) is 11.1 Å². The summed E-state index contributed by atoms with van der Waals surface area (Å²) in [4.78, 5) is 0. The molecule has 0 fully saturated rings. The predicted molar refractivity (Wildman–Crippen MR) is 66.4 cm³/mol. The zero-order valence-corrected chi connectivity index (χ0v) is 9.95. The van der Waals surface area contributed by atoms with Crippen molar-refractivity contribution in [3.63, 3.8) is 0 Å². The van der Waals surface area contributed by atoms with Crippen molar-refractivity contribution in [1.29, 1.82) is 0 Å². The highest BCUT2D eigenvalue weighted by molar-refractivity contribution is 5.62. The number of rotatable bonds is 6. The molecule has 0 spiro atoms. The highest BCUT2D eigenvalue weighted by Gasteiger charge is 2.09. The third-order valence-electron chi connectivity index (χ3n) is 2.62. The molecule has 0 saturated heterocycles. The highest BCUT2D eigenvalue weighted by atomic mass is 16.5. The molecule has 0 amide bonds. The van der Waals surface area contributed by atoms with E-state index in [9.17, 15) is 0 Å². The first-order valence-electron chi connectivity index (χ1n) is 5.34. The van der Waals surface area contributed by atoms with Crippen LogP contribution < -0.4 is 11.5 Å². The molecule has 0 atom stereocenters. The maximum Gasteiger partial charge on any atom is 0.0503 e. The molecule has 0 aliphatic heterocycles. The van der Waals surface area contributed by atoms with Crippen molar-refractivity contribution in [3.05, 3.63) is 23.3 Å². The van der Waals surface area contributed by atoms with Gasteiger partial charge in [-0.3, -0.25) is 0 Å². The van der Waals surface area contributed by atoms with E-state index in [0.717, 1.165) is 35.3 Å². The Labute approximate surface area is 96.5 Å². The Morgan fingerprint density at radius 3 is 1.56 bits per heavy atom. The molecule has 16 heavy (non-hydrogen) atoms. The van der Waals surface area contributed by atoms with Gasteiger partial charge in [0, 0.05) is 25.6 Å². The van der Waals surface area contributed by atoms with Crippen LogP contribution in [0.4, 0.5) is 11.4 Å². The van der Waals surface area contributed by atoms with Crippen LogP contribution in [0, 0.1) is 0 Å².